The first kappa shape index (κ1) is 36.1. The summed E-state index contributed by atoms with van der Waals surface area (Å²) in [5, 5.41) is 14.0. The molecule has 2 saturated heterocycles. The topological polar surface area (TPSA) is 129 Å². The molecule has 11 heteroatoms. The number of ether oxygens (including phenoxy) is 2. The Morgan fingerprint density at radius 2 is 1.60 bits per heavy atom. The number of likely N-dealkylation sites (tertiary alicyclic amines) is 1. The molecule has 4 aliphatic heterocycles. The maximum Gasteiger partial charge on any atom is 0.306 e. The van der Waals surface area contributed by atoms with Crippen molar-refractivity contribution in [2.75, 3.05) is 42.6 Å². The zero-order valence-corrected chi connectivity index (χ0v) is 30.0. The molecule has 3 aromatic rings. The van der Waals surface area contributed by atoms with E-state index in [0.29, 0.717) is 17.7 Å². The molecule has 1 spiro atoms. The number of allylic oxidation sites excluding steroid dienone is 1. The molecule has 0 aliphatic carbocycles. The molecule has 11 nitrogen and oxygen atoms in total. The first-order valence-electron chi connectivity index (χ1n) is 18.5. The highest BCUT2D eigenvalue weighted by molar-refractivity contribution is 6.06. The smallest absolute Gasteiger partial charge is 0.306 e. The second kappa shape index (κ2) is 15.4. The number of anilines is 2. The standard InChI is InChI=1S/C42H46N4O7/c1-3-44(4-2)30-20-22-31(23-21-30)45-25-13-24-42-37(40(50)46(38(42)41(45)51)33(26-47)29-16-9-6-10-17-29)36-34(53-42)18-11-12-19-35(48)52-27-32(43-39(36)49)28-14-7-5-8-15-28/h5-11,13-18,20-24,32-34,36-38,47H,3-4,12,19,25-27H2,1-2H3,(H,43,49)/b18-11-/t32-,33+,34+,36-,37-,38+,42-/m0/s1. The van der Waals surface area contributed by atoms with Crippen LogP contribution in [-0.2, 0) is 28.7 Å². The summed E-state index contributed by atoms with van der Waals surface area (Å²) in [6.45, 7) is 5.52. The van der Waals surface area contributed by atoms with Crippen molar-refractivity contribution in [3.8, 4) is 0 Å². The van der Waals surface area contributed by atoms with Crippen LogP contribution in [0.1, 0.15) is 49.9 Å². The largest absolute Gasteiger partial charge is 0.463 e. The first-order chi connectivity index (χ1) is 25.8. The third kappa shape index (κ3) is 6.64. The van der Waals surface area contributed by atoms with Gasteiger partial charge in [-0.25, -0.2) is 0 Å². The van der Waals surface area contributed by atoms with Crippen molar-refractivity contribution in [3.63, 3.8) is 0 Å². The second-order valence-corrected chi connectivity index (χ2v) is 13.9. The van der Waals surface area contributed by atoms with Crippen LogP contribution in [0, 0.1) is 11.8 Å². The summed E-state index contributed by atoms with van der Waals surface area (Å²) >= 11 is 0. The minimum absolute atomic E-state index is 0.0872. The number of cyclic esters (lactones) is 1. The Hall–Kier alpha value is -5.26. The van der Waals surface area contributed by atoms with E-state index in [-0.39, 0.29) is 25.5 Å². The summed E-state index contributed by atoms with van der Waals surface area (Å²) in [7, 11) is 0. The van der Waals surface area contributed by atoms with Gasteiger partial charge in [-0.2, -0.15) is 0 Å². The number of benzene rings is 3. The Morgan fingerprint density at radius 3 is 2.28 bits per heavy atom. The van der Waals surface area contributed by atoms with Crippen molar-refractivity contribution in [2.45, 2.75) is 56.5 Å². The van der Waals surface area contributed by atoms with E-state index >= 15 is 9.59 Å². The van der Waals surface area contributed by atoms with E-state index in [1.165, 1.54) is 4.90 Å². The van der Waals surface area contributed by atoms with Gasteiger partial charge in [-0.05, 0) is 55.7 Å². The number of carbonyl (C=O) groups is 4. The number of fused-ring (bicyclic) bond motifs is 2. The lowest BCUT2D eigenvalue weighted by Crippen LogP contribution is -2.56. The van der Waals surface area contributed by atoms with Crippen LogP contribution in [0.4, 0.5) is 11.4 Å². The van der Waals surface area contributed by atoms with Gasteiger partial charge in [-0.1, -0.05) is 85.0 Å². The Morgan fingerprint density at radius 1 is 0.906 bits per heavy atom. The summed E-state index contributed by atoms with van der Waals surface area (Å²) < 4.78 is 12.5. The number of aliphatic hydroxyl groups excluding tert-OH is 1. The highest BCUT2D eigenvalue weighted by Crippen LogP contribution is 2.55. The van der Waals surface area contributed by atoms with E-state index < -0.39 is 66.1 Å². The molecule has 3 amide bonds. The van der Waals surface area contributed by atoms with Crippen molar-refractivity contribution in [2.24, 2.45) is 11.8 Å². The van der Waals surface area contributed by atoms with Gasteiger partial charge < -0.3 is 34.6 Å². The zero-order chi connectivity index (χ0) is 37.1. The van der Waals surface area contributed by atoms with E-state index in [2.05, 4.69) is 24.1 Å². The molecular formula is C42H46N4O7. The van der Waals surface area contributed by atoms with E-state index in [9.17, 15) is 14.7 Å². The fourth-order valence-electron chi connectivity index (χ4n) is 8.41. The molecule has 2 N–H and O–H groups in total. The normalized spacial score (nSPS) is 28.4. The van der Waals surface area contributed by atoms with Gasteiger partial charge in [0.1, 0.15) is 18.2 Å². The number of esters is 1. The summed E-state index contributed by atoms with van der Waals surface area (Å²) in [4.78, 5) is 62.8. The van der Waals surface area contributed by atoms with Gasteiger partial charge in [0.25, 0.3) is 5.91 Å². The van der Waals surface area contributed by atoms with Crippen LogP contribution < -0.4 is 15.1 Å². The molecule has 4 aliphatic rings. The SMILES string of the molecule is CCN(CC)c1ccc(N2CC=C[C@]34O[C@@H]5/C=C\CCC(=O)OC[C@@H](c6ccccc6)NC(=O)[C@@H]5[C@H]3C(=O)N([C@H](CO)c3ccccc3)[C@@H]4C2=O)cc1. The minimum Gasteiger partial charge on any atom is -0.463 e. The van der Waals surface area contributed by atoms with Crippen LogP contribution in [0.3, 0.4) is 0 Å². The number of hydrogen-bond donors (Lipinski definition) is 2. The summed E-state index contributed by atoms with van der Waals surface area (Å²) in [5.74, 6) is -3.84. The number of nitrogens with one attached hydrogen (secondary N) is 1. The fraction of sp³-hybridized carbons (Fsp3) is 0.381. The third-order valence-corrected chi connectivity index (χ3v) is 11.0. The molecule has 0 saturated carbocycles. The van der Waals surface area contributed by atoms with Gasteiger partial charge in [-0.15, -0.1) is 0 Å². The zero-order valence-electron chi connectivity index (χ0n) is 30.0. The molecule has 7 rings (SSSR count). The van der Waals surface area contributed by atoms with Crippen molar-refractivity contribution in [1.82, 2.24) is 10.2 Å². The molecule has 276 valence electrons. The number of hydrogen-bond acceptors (Lipinski definition) is 8. The van der Waals surface area contributed by atoms with E-state index in [1.54, 1.807) is 23.1 Å². The molecule has 0 radical (unpaired) electrons. The average molecular weight is 719 g/mol. The fourth-order valence-corrected chi connectivity index (χ4v) is 8.41. The quantitative estimate of drug-likeness (QED) is 0.258. The van der Waals surface area contributed by atoms with E-state index in [0.717, 1.165) is 24.3 Å². The van der Waals surface area contributed by atoms with Crippen molar-refractivity contribution < 1.29 is 33.8 Å². The highest BCUT2D eigenvalue weighted by Gasteiger charge is 2.72. The molecular weight excluding hydrogens is 672 g/mol. The van der Waals surface area contributed by atoms with Crippen LogP contribution in [-0.4, -0.2) is 84.3 Å². The van der Waals surface area contributed by atoms with Gasteiger partial charge in [0.15, 0.2) is 0 Å². The summed E-state index contributed by atoms with van der Waals surface area (Å²) in [5.41, 5.74) is 1.53. The van der Waals surface area contributed by atoms with Crippen LogP contribution in [0.2, 0.25) is 0 Å². The van der Waals surface area contributed by atoms with Gasteiger partial charge >= 0.3 is 5.97 Å². The maximum atomic E-state index is 15.1. The number of aliphatic hydroxyl groups is 1. The predicted octanol–water partition coefficient (Wildman–Crippen LogP) is 4.50. The lowest BCUT2D eigenvalue weighted by atomic mass is 9.77. The van der Waals surface area contributed by atoms with Crippen molar-refractivity contribution in [1.29, 1.82) is 0 Å². The van der Waals surface area contributed by atoms with Gasteiger partial charge in [0.2, 0.25) is 11.8 Å². The van der Waals surface area contributed by atoms with Gasteiger partial charge in [-0.3, -0.25) is 19.2 Å². The monoisotopic (exact) mass is 718 g/mol. The minimum atomic E-state index is -1.54. The van der Waals surface area contributed by atoms with Crippen LogP contribution in [0.15, 0.2) is 109 Å². The second-order valence-electron chi connectivity index (χ2n) is 13.9. The molecule has 2 fully saturated rings. The predicted molar refractivity (Wildman–Crippen MR) is 200 cm³/mol. The molecule has 4 heterocycles. The Bertz CT molecular complexity index is 1860. The molecule has 0 bridgehead atoms. The van der Waals surface area contributed by atoms with E-state index in [4.69, 9.17) is 9.47 Å². The summed E-state index contributed by atoms with van der Waals surface area (Å²) in [6, 6.07) is 23.3. The van der Waals surface area contributed by atoms with Crippen LogP contribution >= 0.6 is 0 Å². The molecule has 0 aromatic heterocycles. The van der Waals surface area contributed by atoms with Gasteiger partial charge in [0.05, 0.1) is 36.6 Å². The Balaban J connectivity index is 1.33. The molecule has 53 heavy (non-hydrogen) atoms. The summed E-state index contributed by atoms with van der Waals surface area (Å²) in [6.07, 6.45) is 6.71. The van der Waals surface area contributed by atoms with Crippen LogP contribution in [0.5, 0.6) is 0 Å². The van der Waals surface area contributed by atoms with Gasteiger partial charge in [0, 0.05) is 37.4 Å². The number of carbonyl (C=O) groups excluding carboxylic acids is 4. The number of amides is 3. The van der Waals surface area contributed by atoms with Crippen molar-refractivity contribution in [3.05, 3.63) is 120 Å². The lowest BCUT2D eigenvalue weighted by Gasteiger charge is -2.38. The maximum absolute atomic E-state index is 15.1. The number of nitrogens with zero attached hydrogens (tertiary/aromatic N) is 3. The molecule has 0 unspecified atom stereocenters. The lowest BCUT2D eigenvalue weighted by molar-refractivity contribution is -0.146. The van der Waals surface area contributed by atoms with Crippen molar-refractivity contribution >= 4 is 35.1 Å². The first-order valence-corrected chi connectivity index (χ1v) is 18.5. The Labute approximate surface area is 309 Å². The molecule has 3 aromatic carbocycles. The average Bonchev–Trinajstić information content (AvgIpc) is 3.57. The van der Waals surface area contributed by atoms with Crippen LogP contribution in [0.25, 0.3) is 0 Å². The third-order valence-electron chi connectivity index (χ3n) is 11.0. The molecule has 7 atom stereocenters. The highest BCUT2D eigenvalue weighted by atomic mass is 16.5. The van der Waals surface area contributed by atoms with E-state index in [1.807, 2.05) is 91.0 Å². The number of rotatable bonds is 8. The Kier molecular flexibility index (Phi) is 10.5.